The van der Waals surface area contributed by atoms with Crippen LogP contribution in [0.3, 0.4) is 0 Å². The van der Waals surface area contributed by atoms with Gasteiger partial charge in [-0.25, -0.2) is 18.0 Å². The van der Waals surface area contributed by atoms with E-state index >= 15 is 0 Å². The van der Waals surface area contributed by atoms with Crippen molar-refractivity contribution < 1.29 is 32.3 Å². The van der Waals surface area contributed by atoms with Crippen molar-refractivity contribution in [2.45, 2.75) is 12.8 Å². The Labute approximate surface area is 148 Å². The highest BCUT2D eigenvalue weighted by Crippen LogP contribution is 2.17. The maximum absolute atomic E-state index is 13.4. The van der Waals surface area contributed by atoms with Gasteiger partial charge in [-0.05, 0) is 24.3 Å². The molecule has 8 heteroatoms. The van der Waals surface area contributed by atoms with E-state index in [0.29, 0.717) is 17.7 Å². The molecule has 0 atom stereocenters. The zero-order valence-corrected chi connectivity index (χ0v) is 14.1. The van der Waals surface area contributed by atoms with Crippen LogP contribution in [0.1, 0.15) is 33.6 Å². The van der Waals surface area contributed by atoms with E-state index < -0.39 is 41.4 Å². The van der Waals surface area contributed by atoms with Crippen LogP contribution in [0.5, 0.6) is 0 Å². The summed E-state index contributed by atoms with van der Waals surface area (Å²) in [4.78, 5) is 35.1. The largest absolute Gasteiger partial charge is 0.389 e. The summed E-state index contributed by atoms with van der Waals surface area (Å²) in [5.41, 5.74) is -0.947. The topological polar surface area (TPSA) is 60.4 Å². The van der Waals surface area contributed by atoms with Crippen LogP contribution in [0.15, 0.2) is 40.9 Å². The molecule has 0 aromatic heterocycles. The minimum Gasteiger partial charge on any atom is -0.389 e. The van der Waals surface area contributed by atoms with Gasteiger partial charge in [0.25, 0.3) is 0 Å². The van der Waals surface area contributed by atoms with Crippen LogP contribution in [0.4, 0.5) is 13.2 Å². The van der Waals surface area contributed by atoms with Crippen molar-refractivity contribution >= 4 is 33.7 Å². The maximum Gasteiger partial charge on any atom is 0.351 e. The zero-order chi connectivity index (χ0) is 18.6. The van der Waals surface area contributed by atoms with Crippen molar-refractivity contribution in [1.29, 1.82) is 0 Å². The number of Topliss-reactive ketones (excluding diaryl/α,β-unsaturated/α-hetero) is 1. The molecule has 0 bridgehead atoms. The van der Waals surface area contributed by atoms with Gasteiger partial charge in [0.05, 0.1) is 6.42 Å². The monoisotopic (exact) mass is 414 g/mol. The highest BCUT2D eigenvalue weighted by Gasteiger charge is 2.24. The Bertz CT molecular complexity index is 835. The average molecular weight is 415 g/mol. The number of hydrogen-bond donors (Lipinski definition) is 0. The van der Waals surface area contributed by atoms with Gasteiger partial charge in [-0.1, -0.05) is 28.1 Å². The van der Waals surface area contributed by atoms with Gasteiger partial charge in [-0.15, -0.1) is 0 Å². The first-order valence-electron chi connectivity index (χ1n) is 6.97. The first-order chi connectivity index (χ1) is 11.8. The number of hydrogen-bond acceptors (Lipinski definition) is 4. The predicted octanol–water partition coefficient (Wildman–Crippen LogP) is 4.21. The van der Waals surface area contributed by atoms with E-state index in [1.807, 2.05) is 0 Å². The molecular weight excluding hydrogens is 405 g/mol. The number of ether oxygens (including phenoxy) is 1. The van der Waals surface area contributed by atoms with Gasteiger partial charge < -0.3 is 4.74 Å². The molecule has 25 heavy (non-hydrogen) atoms. The molecule has 0 amide bonds. The standard InChI is InChI=1S/C17H10BrF3O4/c18-10-3-1-9(2-4-10)13(22)7-8-14(23)25-17(24)15-11(19)5-6-12(20)16(15)21/h1-6H,7-8H2. The summed E-state index contributed by atoms with van der Waals surface area (Å²) in [6, 6.07) is 7.41. The van der Waals surface area contributed by atoms with E-state index in [4.69, 9.17) is 0 Å². The van der Waals surface area contributed by atoms with Crippen LogP contribution in [0.25, 0.3) is 0 Å². The van der Waals surface area contributed by atoms with Crippen molar-refractivity contribution in [3.05, 3.63) is 69.4 Å². The van der Waals surface area contributed by atoms with Gasteiger partial charge >= 0.3 is 11.9 Å². The fourth-order valence-electron chi connectivity index (χ4n) is 1.92. The number of carbonyl (C=O) groups is 3. The third-order valence-corrected chi connectivity index (χ3v) is 3.71. The van der Waals surface area contributed by atoms with Crippen molar-refractivity contribution in [1.82, 2.24) is 0 Å². The number of ketones is 1. The zero-order valence-electron chi connectivity index (χ0n) is 12.5. The molecule has 0 N–H and O–H groups in total. The minimum atomic E-state index is -1.75. The van der Waals surface area contributed by atoms with Gasteiger partial charge in [0, 0.05) is 16.5 Å². The molecular formula is C17H10BrF3O4. The fraction of sp³-hybridized carbons (Fsp3) is 0.118. The molecule has 4 nitrogen and oxygen atoms in total. The molecule has 0 unspecified atom stereocenters. The first-order valence-corrected chi connectivity index (χ1v) is 7.76. The Balaban J connectivity index is 1.96. The third-order valence-electron chi connectivity index (χ3n) is 3.18. The van der Waals surface area contributed by atoms with E-state index in [9.17, 15) is 27.6 Å². The number of benzene rings is 2. The van der Waals surface area contributed by atoms with Crippen LogP contribution < -0.4 is 0 Å². The molecule has 0 heterocycles. The van der Waals surface area contributed by atoms with Crippen molar-refractivity contribution in [3.63, 3.8) is 0 Å². The van der Waals surface area contributed by atoms with Crippen molar-refractivity contribution in [2.24, 2.45) is 0 Å². The van der Waals surface area contributed by atoms with Crippen molar-refractivity contribution in [3.8, 4) is 0 Å². The van der Waals surface area contributed by atoms with Gasteiger partial charge in [-0.2, -0.15) is 0 Å². The van der Waals surface area contributed by atoms with Crippen LogP contribution in [-0.4, -0.2) is 17.7 Å². The molecule has 0 fully saturated rings. The summed E-state index contributed by atoms with van der Waals surface area (Å²) >= 11 is 3.21. The maximum atomic E-state index is 13.4. The molecule has 2 rings (SSSR count). The van der Waals surface area contributed by atoms with Gasteiger partial charge in [-0.3, -0.25) is 9.59 Å². The molecule has 0 spiro atoms. The molecule has 0 saturated carbocycles. The highest BCUT2D eigenvalue weighted by atomic mass is 79.9. The Hall–Kier alpha value is -2.48. The molecule has 0 aliphatic carbocycles. The Morgan fingerprint density at radius 3 is 2.12 bits per heavy atom. The lowest BCUT2D eigenvalue weighted by Crippen LogP contribution is -2.17. The number of esters is 2. The van der Waals surface area contributed by atoms with Crippen molar-refractivity contribution in [2.75, 3.05) is 0 Å². The van der Waals surface area contributed by atoms with Gasteiger partial charge in [0.1, 0.15) is 11.4 Å². The number of carbonyl (C=O) groups excluding carboxylic acids is 3. The molecule has 0 saturated heterocycles. The second kappa shape index (κ2) is 8.06. The summed E-state index contributed by atoms with van der Waals surface area (Å²) in [6.07, 6.45) is -0.735. The molecule has 0 radical (unpaired) electrons. The summed E-state index contributed by atoms with van der Waals surface area (Å²) in [6.45, 7) is 0. The van der Waals surface area contributed by atoms with Gasteiger partial charge in [0.2, 0.25) is 0 Å². The lowest BCUT2D eigenvalue weighted by molar-refractivity contribution is -0.137. The average Bonchev–Trinajstić information content (AvgIpc) is 2.57. The van der Waals surface area contributed by atoms with Crippen LogP contribution in [0.2, 0.25) is 0 Å². The third kappa shape index (κ3) is 4.76. The highest BCUT2D eigenvalue weighted by molar-refractivity contribution is 9.10. The molecule has 0 aliphatic rings. The second-order valence-corrected chi connectivity index (χ2v) is 5.83. The Morgan fingerprint density at radius 2 is 1.48 bits per heavy atom. The van der Waals surface area contributed by atoms with E-state index in [1.165, 1.54) is 0 Å². The van der Waals surface area contributed by atoms with Crippen LogP contribution >= 0.6 is 15.9 Å². The summed E-state index contributed by atoms with van der Waals surface area (Å²) in [5.74, 6) is -7.74. The fourth-order valence-corrected chi connectivity index (χ4v) is 2.18. The number of halogens is 4. The van der Waals surface area contributed by atoms with E-state index in [-0.39, 0.29) is 12.2 Å². The Kier molecular flexibility index (Phi) is 6.08. The molecule has 0 aliphatic heterocycles. The number of rotatable bonds is 5. The SMILES string of the molecule is O=C(CCC(=O)c1ccc(Br)cc1)OC(=O)c1c(F)ccc(F)c1F. The summed E-state index contributed by atoms with van der Waals surface area (Å²) in [5, 5.41) is 0. The Morgan fingerprint density at radius 1 is 0.880 bits per heavy atom. The first kappa shape index (κ1) is 18.9. The second-order valence-electron chi connectivity index (χ2n) is 4.91. The molecule has 2 aromatic rings. The summed E-state index contributed by atoms with van der Waals surface area (Å²) < 4.78 is 45.0. The lowest BCUT2D eigenvalue weighted by atomic mass is 10.1. The quantitative estimate of drug-likeness (QED) is 0.318. The predicted molar refractivity (Wildman–Crippen MR) is 84.4 cm³/mol. The van der Waals surface area contributed by atoms with Crippen LogP contribution in [-0.2, 0) is 9.53 Å². The van der Waals surface area contributed by atoms with E-state index in [2.05, 4.69) is 20.7 Å². The lowest BCUT2D eigenvalue weighted by Gasteiger charge is -2.06. The normalized spacial score (nSPS) is 10.4. The van der Waals surface area contributed by atoms with E-state index in [0.717, 1.165) is 4.47 Å². The van der Waals surface area contributed by atoms with Gasteiger partial charge in [0.15, 0.2) is 17.4 Å². The minimum absolute atomic E-state index is 0.262. The molecule has 2 aromatic carbocycles. The smallest absolute Gasteiger partial charge is 0.351 e. The van der Waals surface area contributed by atoms with Crippen LogP contribution in [0, 0.1) is 17.5 Å². The molecule has 130 valence electrons. The van der Waals surface area contributed by atoms with E-state index in [1.54, 1.807) is 24.3 Å². The summed E-state index contributed by atoms with van der Waals surface area (Å²) in [7, 11) is 0.